The van der Waals surface area contributed by atoms with Crippen LogP contribution in [-0.2, 0) is 18.6 Å². The molecule has 0 saturated carbocycles. The molecule has 0 aliphatic heterocycles. The fraction of sp³-hybridized carbons (Fsp3) is 0.273. The predicted molar refractivity (Wildman–Crippen MR) is 151 cm³/mol. The minimum atomic E-state index is -5.80. The third-order valence-corrected chi connectivity index (χ3v) is 6.98. The Morgan fingerprint density at radius 2 is 1.30 bits per heavy atom. The number of rotatable bonds is 10. The van der Waals surface area contributed by atoms with Gasteiger partial charge >= 0.3 is 18.3 Å². The highest BCUT2D eigenvalue weighted by molar-refractivity contribution is 5.53. The van der Waals surface area contributed by atoms with Gasteiger partial charge in [-0.2, -0.15) is 35.1 Å². The van der Waals surface area contributed by atoms with Crippen LogP contribution < -0.4 is 9.64 Å². The molecule has 0 bridgehead atoms. The molecule has 1 atom stereocenters. The van der Waals surface area contributed by atoms with Crippen LogP contribution in [0.1, 0.15) is 53.7 Å². The monoisotopic (exact) mass is 623 g/mol. The van der Waals surface area contributed by atoms with Crippen molar-refractivity contribution in [2.75, 3.05) is 11.4 Å². The van der Waals surface area contributed by atoms with Gasteiger partial charge < -0.3 is 14.7 Å². The number of hydrogen-bond acceptors (Lipinski definition) is 3. The van der Waals surface area contributed by atoms with Crippen LogP contribution in [0.3, 0.4) is 0 Å². The maximum Gasteiger partial charge on any atom is 0.458 e. The average molecular weight is 624 g/mol. The Labute approximate surface area is 249 Å². The Morgan fingerprint density at radius 1 is 0.682 bits per heavy atom. The highest BCUT2D eigenvalue weighted by atomic mass is 19.4. The maximum atomic E-state index is 14.1. The number of halogens is 8. The lowest BCUT2D eigenvalue weighted by atomic mass is 10.0. The van der Waals surface area contributed by atoms with E-state index in [-0.39, 0.29) is 30.1 Å². The van der Waals surface area contributed by atoms with Gasteiger partial charge in [0.15, 0.2) is 0 Å². The molecule has 0 fully saturated rings. The first-order chi connectivity index (χ1) is 20.5. The van der Waals surface area contributed by atoms with Gasteiger partial charge in [-0.1, -0.05) is 62.4 Å². The molecule has 4 aromatic carbocycles. The minimum absolute atomic E-state index is 0.0852. The van der Waals surface area contributed by atoms with Crippen LogP contribution >= 0.6 is 0 Å². The number of ether oxygens (including phenoxy) is 1. The van der Waals surface area contributed by atoms with E-state index in [9.17, 15) is 40.2 Å². The lowest BCUT2D eigenvalue weighted by Gasteiger charge is -2.29. The third-order valence-electron chi connectivity index (χ3n) is 6.98. The summed E-state index contributed by atoms with van der Waals surface area (Å²) in [6.07, 6.45) is -11.7. The molecule has 0 amide bonds. The van der Waals surface area contributed by atoms with Crippen LogP contribution in [0.25, 0.3) is 0 Å². The van der Waals surface area contributed by atoms with Crippen molar-refractivity contribution in [1.29, 1.82) is 0 Å². The van der Waals surface area contributed by atoms with Gasteiger partial charge in [0.25, 0.3) is 0 Å². The minimum Gasteiger partial charge on any atom is -0.457 e. The topological polar surface area (TPSA) is 32.7 Å². The number of aliphatic hydroxyl groups excluding tert-OH is 1. The summed E-state index contributed by atoms with van der Waals surface area (Å²) in [4.78, 5) is 1.52. The molecule has 4 rings (SSSR count). The molecule has 4 aromatic rings. The number of anilines is 1. The largest absolute Gasteiger partial charge is 0.458 e. The Kier molecular flexibility index (Phi) is 9.58. The molecule has 234 valence electrons. The third kappa shape index (κ3) is 7.88. The van der Waals surface area contributed by atoms with E-state index in [1.54, 1.807) is 30.3 Å². The SMILES string of the molecule is CC(C)c1cccc(Oc2cccc(N(Cc3cccc(C(F)(F)C(F)(F)F)c3)CC(O)c3ccc(C(F)(F)F)cc3)c2)c1. The molecule has 0 saturated heterocycles. The first-order valence-corrected chi connectivity index (χ1v) is 13.6. The van der Waals surface area contributed by atoms with E-state index in [0.29, 0.717) is 23.3 Å². The van der Waals surface area contributed by atoms with Gasteiger partial charge in [0, 0.05) is 30.4 Å². The van der Waals surface area contributed by atoms with Crippen molar-refractivity contribution < 1.29 is 45.0 Å². The quantitative estimate of drug-likeness (QED) is 0.179. The van der Waals surface area contributed by atoms with Gasteiger partial charge in [-0.15, -0.1) is 0 Å². The fourth-order valence-electron chi connectivity index (χ4n) is 4.54. The van der Waals surface area contributed by atoms with Crippen molar-refractivity contribution in [1.82, 2.24) is 0 Å². The zero-order valence-corrected chi connectivity index (χ0v) is 23.6. The summed E-state index contributed by atoms with van der Waals surface area (Å²) in [5.41, 5.74) is -0.454. The van der Waals surface area contributed by atoms with Crippen LogP contribution in [0.5, 0.6) is 11.5 Å². The number of benzene rings is 4. The summed E-state index contributed by atoms with van der Waals surface area (Å²) in [5.74, 6) is -3.92. The van der Waals surface area contributed by atoms with Crippen LogP contribution in [0.15, 0.2) is 97.1 Å². The second-order valence-electron chi connectivity index (χ2n) is 10.6. The van der Waals surface area contributed by atoms with Gasteiger partial charge in [-0.3, -0.25) is 0 Å². The number of nitrogens with zero attached hydrogens (tertiary/aromatic N) is 1. The van der Waals surface area contributed by atoms with E-state index in [0.717, 1.165) is 42.0 Å². The molecule has 44 heavy (non-hydrogen) atoms. The zero-order valence-electron chi connectivity index (χ0n) is 23.6. The normalized spacial score (nSPS) is 13.2. The summed E-state index contributed by atoms with van der Waals surface area (Å²) in [7, 11) is 0. The van der Waals surface area contributed by atoms with Crippen molar-refractivity contribution in [3.63, 3.8) is 0 Å². The molecular formula is C33H29F8NO2. The summed E-state index contributed by atoms with van der Waals surface area (Å²) >= 11 is 0. The van der Waals surface area contributed by atoms with E-state index < -0.39 is 35.5 Å². The summed E-state index contributed by atoms with van der Waals surface area (Å²) in [6, 6.07) is 21.7. The zero-order chi connectivity index (χ0) is 32.3. The van der Waals surface area contributed by atoms with Crippen molar-refractivity contribution in [3.8, 4) is 11.5 Å². The van der Waals surface area contributed by atoms with E-state index in [2.05, 4.69) is 0 Å². The molecule has 0 spiro atoms. The Bertz CT molecular complexity index is 1550. The van der Waals surface area contributed by atoms with Gasteiger partial charge in [-0.25, -0.2) is 0 Å². The molecular weight excluding hydrogens is 594 g/mol. The van der Waals surface area contributed by atoms with Crippen molar-refractivity contribution in [3.05, 3.63) is 125 Å². The maximum absolute atomic E-state index is 14.1. The lowest BCUT2D eigenvalue weighted by molar-refractivity contribution is -0.289. The van der Waals surface area contributed by atoms with E-state index in [1.807, 2.05) is 32.0 Å². The Balaban J connectivity index is 1.67. The first-order valence-electron chi connectivity index (χ1n) is 13.6. The molecule has 11 heteroatoms. The summed E-state index contributed by atoms with van der Waals surface area (Å²) < 4.78 is 113. The second-order valence-corrected chi connectivity index (χ2v) is 10.6. The van der Waals surface area contributed by atoms with Gasteiger partial charge in [0.05, 0.1) is 11.7 Å². The summed E-state index contributed by atoms with van der Waals surface area (Å²) in [6.45, 7) is 3.60. The van der Waals surface area contributed by atoms with Gasteiger partial charge in [0.1, 0.15) is 11.5 Å². The van der Waals surface area contributed by atoms with E-state index >= 15 is 0 Å². The molecule has 1 N–H and O–H groups in total. The van der Waals surface area contributed by atoms with Crippen LogP contribution in [0.4, 0.5) is 40.8 Å². The number of aliphatic hydroxyl groups is 1. The number of alkyl halides is 8. The second kappa shape index (κ2) is 12.9. The standard InChI is InChI=1S/C33H29F8NO2/c1-21(2)24-7-4-10-28(17-24)44-29-11-5-9-27(18-29)42(20-30(43)23-12-14-25(15-13-23)32(36,37)38)19-22-6-3-8-26(16-22)31(34,35)33(39,40)41/h3-18,21,30,43H,19-20H2,1-2H3. The average Bonchev–Trinajstić information content (AvgIpc) is 2.96. The lowest BCUT2D eigenvalue weighted by Crippen LogP contribution is -2.34. The Hall–Kier alpha value is -4.12. The highest BCUT2D eigenvalue weighted by Gasteiger charge is 2.58. The van der Waals surface area contributed by atoms with Crippen molar-refractivity contribution >= 4 is 5.69 Å². The molecule has 0 aromatic heterocycles. The Morgan fingerprint density at radius 3 is 1.91 bits per heavy atom. The predicted octanol–water partition coefficient (Wildman–Crippen LogP) is 10.0. The molecule has 0 radical (unpaired) electrons. The van der Waals surface area contributed by atoms with E-state index in [4.69, 9.17) is 4.74 Å². The van der Waals surface area contributed by atoms with Crippen LogP contribution in [-0.4, -0.2) is 17.8 Å². The van der Waals surface area contributed by atoms with Gasteiger partial charge in [-0.05, 0) is 65.1 Å². The molecule has 3 nitrogen and oxygen atoms in total. The van der Waals surface area contributed by atoms with Crippen molar-refractivity contribution in [2.45, 2.75) is 50.7 Å². The van der Waals surface area contributed by atoms with Crippen LogP contribution in [0.2, 0.25) is 0 Å². The van der Waals surface area contributed by atoms with Crippen LogP contribution in [0, 0.1) is 0 Å². The van der Waals surface area contributed by atoms with Gasteiger partial charge in [0.2, 0.25) is 0 Å². The molecule has 0 aliphatic rings. The summed E-state index contributed by atoms with van der Waals surface area (Å²) in [5, 5.41) is 11.0. The van der Waals surface area contributed by atoms with E-state index in [1.165, 1.54) is 11.0 Å². The smallest absolute Gasteiger partial charge is 0.457 e. The molecule has 1 unspecified atom stereocenters. The van der Waals surface area contributed by atoms with Crippen molar-refractivity contribution in [2.24, 2.45) is 0 Å². The first kappa shape index (κ1) is 32.8. The fourth-order valence-corrected chi connectivity index (χ4v) is 4.54. The number of hydrogen-bond donors (Lipinski definition) is 1. The molecule has 0 aliphatic carbocycles. The highest BCUT2D eigenvalue weighted by Crippen LogP contribution is 2.44. The molecule has 0 heterocycles.